The molecule has 0 aliphatic rings. The highest BCUT2D eigenvalue weighted by molar-refractivity contribution is 7.19. The Labute approximate surface area is 129 Å². The SMILES string of the molecule is CNCc1sc2cccc(F)c2c1CN(C)C(C)COC. The smallest absolute Gasteiger partial charge is 0.132 e. The Bertz CT molecular complexity index is 599. The van der Waals surface area contributed by atoms with Crippen LogP contribution in [0.2, 0.25) is 0 Å². The van der Waals surface area contributed by atoms with E-state index in [2.05, 4.69) is 24.2 Å². The minimum absolute atomic E-state index is 0.131. The van der Waals surface area contributed by atoms with Gasteiger partial charge in [-0.3, -0.25) is 4.90 Å². The standard InChI is InChI=1S/C16H23FN2OS/c1-11(10-20-4)19(3)9-12-15(8-18-2)21-14-7-5-6-13(17)16(12)14/h5-7,11,18H,8-10H2,1-4H3. The lowest BCUT2D eigenvalue weighted by Crippen LogP contribution is -2.32. The molecule has 116 valence electrons. The van der Waals surface area contributed by atoms with Crippen LogP contribution in [-0.4, -0.2) is 38.8 Å². The molecule has 2 rings (SSSR count). The number of nitrogens with one attached hydrogen (secondary N) is 1. The second-order valence-corrected chi connectivity index (χ2v) is 6.50. The van der Waals surface area contributed by atoms with E-state index in [0.29, 0.717) is 12.6 Å². The van der Waals surface area contributed by atoms with Crippen LogP contribution >= 0.6 is 11.3 Å². The summed E-state index contributed by atoms with van der Waals surface area (Å²) in [6.07, 6.45) is 0. The van der Waals surface area contributed by atoms with Crippen molar-refractivity contribution in [1.29, 1.82) is 0 Å². The summed E-state index contributed by atoms with van der Waals surface area (Å²) in [5, 5.41) is 3.94. The van der Waals surface area contributed by atoms with E-state index in [1.807, 2.05) is 13.1 Å². The summed E-state index contributed by atoms with van der Waals surface area (Å²) < 4.78 is 20.5. The van der Waals surface area contributed by atoms with E-state index in [9.17, 15) is 4.39 Å². The highest BCUT2D eigenvalue weighted by Gasteiger charge is 2.18. The van der Waals surface area contributed by atoms with E-state index in [1.165, 1.54) is 4.88 Å². The Hall–Kier alpha value is -1.01. The van der Waals surface area contributed by atoms with Gasteiger partial charge in [-0.1, -0.05) is 6.07 Å². The number of hydrogen-bond donors (Lipinski definition) is 1. The molecule has 1 atom stereocenters. The second kappa shape index (κ2) is 7.31. The van der Waals surface area contributed by atoms with Crippen molar-refractivity contribution in [3.05, 3.63) is 34.5 Å². The molecule has 1 aromatic carbocycles. The van der Waals surface area contributed by atoms with E-state index in [-0.39, 0.29) is 5.82 Å². The zero-order valence-electron chi connectivity index (χ0n) is 13.1. The average Bonchev–Trinajstić information content (AvgIpc) is 2.79. The van der Waals surface area contributed by atoms with Crippen LogP contribution in [0, 0.1) is 5.82 Å². The van der Waals surface area contributed by atoms with Gasteiger partial charge in [0.2, 0.25) is 0 Å². The molecule has 0 aliphatic heterocycles. The molecule has 1 heterocycles. The molecular formula is C16H23FN2OS. The van der Waals surface area contributed by atoms with Crippen molar-refractivity contribution in [2.45, 2.75) is 26.1 Å². The van der Waals surface area contributed by atoms with Gasteiger partial charge in [0.05, 0.1) is 6.61 Å². The number of rotatable bonds is 7. The molecule has 1 aromatic heterocycles. The molecule has 0 saturated carbocycles. The van der Waals surface area contributed by atoms with E-state index in [1.54, 1.807) is 30.6 Å². The predicted molar refractivity (Wildman–Crippen MR) is 87.4 cm³/mol. The normalized spacial score (nSPS) is 13.2. The van der Waals surface area contributed by atoms with Crippen molar-refractivity contribution < 1.29 is 9.13 Å². The van der Waals surface area contributed by atoms with Gasteiger partial charge in [-0.25, -0.2) is 4.39 Å². The van der Waals surface area contributed by atoms with Crippen LogP contribution < -0.4 is 5.32 Å². The van der Waals surface area contributed by atoms with Crippen molar-refractivity contribution in [2.75, 3.05) is 27.8 Å². The zero-order chi connectivity index (χ0) is 15.4. The summed E-state index contributed by atoms with van der Waals surface area (Å²) in [5.41, 5.74) is 1.09. The maximum Gasteiger partial charge on any atom is 0.132 e. The van der Waals surface area contributed by atoms with Gasteiger partial charge in [0.15, 0.2) is 0 Å². The van der Waals surface area contributed by atoms with Crippen LogP contribution in [0.3, 0.4) is 0 Å². The first kappa shape index (κ1) is 16.4. The molecule has 21 heavy (non-hydrogen) atoms. The number of benzene rings is 1. The number of halogens is 1. The third-order valence-corrected chi connectivity index (χ3v) is 4.95. The first-order chi connectivity index (χ1) is 10.1. The average molecular weight is 310 g/mol. The molecule has 0 spiro atoms. The van der Waals surface area contributed by atoms with E-state index in [4.69, 9.17) is 4.74 Å². The minimum atomic E-state index is -0.131. The topological polar surface area (TPSA) is 24.5 Å². The van der Waals surface area contributed by atoms with E-state index >= 15 is 0 Å². The summed E-state index contributed by atoms with van der Waals surface area (Å²) in [6.45, 7) is 4.28. The minimum Gasteiger partial charge on any atom is -0.383 e. The second-order valence-electron chi connectivity index (χ2n) is 5.37. The van der Waals surface area contributed by atoms with Crippen molar-refractivity contribution in [2.24, 2.45) is 0 Å². The summed E-state index contributed by atoms with van der Waals surface area (Å²) in [5.74, 6) is -0.131. The number of hydrogen-bond acceptors (Lipinski definition) is 4. The Kier molecular flexibility index (Phi) is 5.70. The van der Waals surface area contributed by atoms with Gasteiger partial charge in [0, 0.05) is 41.2 Å². The Morgan fingerprint density at radius 3 is 2.86 bits per heavy atom. The van der Waals surface area contributed by atoms with Gasteiger partial charge >= 0.3 is 0 Å². The number of thiophene rings is 1. The molecule has 1 unspecified atom stereocenters. The fraction of sp³-hybridized carbons (Fsp3) is 0.500. The van der Waals surface area contributed by atoms with Crippen LogP contribution in [0.1, 0.15) is 17.4 Å². The van der Waals surface area contributed by atoms with Crippen LogP contribution in [0.15, 0.2) is 18.2 Å². The summed E-state index contributed by atoms with van der Waals surface area (Å²) in [6, 6.07) is 5.60. The monoisotopic (exact) mass is 310 g/mol. The number of likely N-dealkylation sites (N-methyl/N-ethyl adjacent to an activating group) is 1. The summed E-state index contributed by atoms with van der Waals surface area (Å²) in [4.78, 5) is 3.41. The van der Waals surface area contributed by atoms with Crippen molar-refractivity contribution in [1.82, 2.24) is 10.2 Å². The molecule has 0 fully saturated rings. The number of methoxy groups -OCH3 is 1. The molecule has 1 N–H and O–H groups in total. The van der Waals surface area contributed by atoms with Gasteiger partial charge in [-0.2, -0.15) is 0 Å². The van der Waals surface area contributed by atoms with Gasteiger partial charge in [0.25, 0.3) is 0 Å². The quantitative estimate of drug-likeness (QED) is 0.850. The first-order valence-corrected chi connectivity index (χ1v) is 7.92. The zero-order valence-corrected chi connectivity index (χ0v) is 13.9. The van der Waals surface area contributed by atoms with Crippen molar-refractivity contribution in [3.8, 4) is 0 Å². The molecule has 0 saturated heterocycles. The summed E-state index contributed by atoms with van der Waals surface area (Å²) >= 11 is 1.67. The molecular weight excluding hydrogens is 287 g/mol. The molecule has 0 aliphatic carbocycles. The summed E-state index contributed by atoms with van der Waals surface area (Å²) in [7, 11) is 5.68. The number of fused-ring (bicyclic) bond motifs is 1. The molecule has 3 nitrogen and oxygen atoms in total. The Morgan fingerprint density at radius 1 is 1.43 bits per heavy atom. The molecule has 0 amide bonds. The lowest BCUT2D eigenvalue weighted by atomic mass is 10.1. The molecule has 0 radical (unpaired) electrons. The van der Waals surface area contributed by atoms with Crippen molar-refractivity contribution >= 4 is 21.4 Å². The maximum atomic E-state index is 14.2. The van der Waals surface area contributed by atoms with Gasteiger partial charge in [0.1, 0.15) is 5.82 Å². The fourth-order valence-corrected chi connectivity index (χ4v) is 3.70. The molecule has 2 aromatic rings. The van der Waals surface area contributed by atoms with Crippen LogP contribution in [-0.2, 0) is 17.8 Å². The lowest BCUT2D eigenvalue weighted by molar-refractivity contribution is 0.112. The first-order valence-electron chi connectivity index (χ1n) is 7.11. The Balaban J connectivity index is 2.38. The fourth-order valence-electron chi connectivity index (χ4n) is 2.46. The highest BCUT2D eigenvalue weighted by atomic mass is 32.1. The van der Waals surface area contributed by atoms with Crippen LogP contribution in [0.25, 0.3) is 10.1 Å². The third-order valence-electron chi connectivity index (χ3n) is 3.75. The highest BCUT2D eigenvalue weighted by Crippen LogP contribution is 2.34. The van der Waals surface area contributed by atoms with Gasteiger partial charge < -0.3 is 10.1 Å². The van der Waals surface area contributed by atoms with Crippen LogP contribution in [0.5, 0.6) is 0 Å². The number of ether oxygens (including phenoxy) is 1. The molecule has 5 heteroatoms. The molecule has 0 bridgehead atoms. The van der Waals surface area contributed by atoms with Gasteiger partial charge in [-0.05, 0) is 38.7 Å². The largest absolute Gasteiger partial charge is 0.383 e. The third kappa shape index (κ3) is 3.61. The maximum absolute atomic E-state index is 14.2. The number of nitrogens with zero attached hydrogens (tertiary/aromatic N) is 1. The van der Waals surface area contributed by atoms with E-state index < -0.39 is 0 Å². The van der Waals surface area contributed by atoms with E-state index in [0.717, 1.165) is 28.7 Å². The lowest BCUT2D eigenvalue weighted by Gasteiger charge is -2.24. The van der Waals surface area contributed by atoms with Crippen molar-refractivity contribution in [3.63, 3.8) is 0 Å². The van der Waals surface area contributed by atoms with Gasteiger partial charge in [-0.15, -0.1) is 11.3 Å². The van der Waals surface area contributed by atoms with Crippen LogP contribution in [0.4, 0.5) is 4.39 Å². The predicted octanol–water partition coefficient (Wildman–Crippen LogP) is 3.23. The Morgan fingerprint density at radius 2 is 2.19 bits per heavy atom.